The van der Waals surface area contributed by atoms with Gasteiger partial charge >= 0.3 is 0 Å². The minimum atomic E-state index is 0.259. The molecule has 84 valence electrons. The van der Waals surface area contributed by atoms with E-state index in [2.05, 4.69) is 10.3 Å². The molecule has 0 saturated carbocycles. The molecule has 0 aromatic carbocycles. The van der Waals surface area contributed by atoms with Gasteiger partial charge in [0.1, 0.15) is 11.0 Å². The molecule has 1 unspecified atom stereocenters. The highest BCUT2D eigenvalue weighted by atomic mass is 35.5. The molecule has 1 atom stereocenters. The van der Waals surface area contributed by atoms with E-state index in [1.807, 2.05) is 19.1 Å². The van der Waals surface area contributed by atoms with Crippen LogP contribution in [0.25, 0.3) is 0 Å². The van der Waals surface area contributed by atoms with E-state index in [-0.39, 0.29) is 6.61 Å². The summed E-state index contributed by atoms with van der Waals surface area (Å²) in [5.74, 6) is 1.18. The van der Waals surface area contributed by atoms with Crippen LogP contribution in [0.1, 0.15) is 19.8 Å². The Balaban J connectivity index is 2.20. The van der Waals surface area contributed by atoms with Gasteiger partial charge in [0.2, 0.25) is 0 Å². The van der Waals surface area contributed by atoms with Gasteiger partial charge in [-0.15, -0.1) is 0 Å². The van der Waals surface area contributed by atoms with Crippen molar-refractivity contribution in [2.75, 3.05) is 18.5 Å². The Labute approximate surface area is 95.5 Å². The van der Waals surface area contributed by atoms with Crippen LogP contribution in [0.15, 0.2) is 18.2 Å². The number of anilines is 1. The van der Waals surface area contributed by atoms with Gasteiger partial charge in [-0.2, -0.15) is 0 Å². The highest BCUT2D eigenvalue weighted by Gasteiger charge is 1.99. The highest BCUT2D eigenvalue weighted by Crippen LogP contribution is 2.10. The first-order valence-corrected chi connectivity index (χ1v) is 5.57. The molecule has 0 radical (unpaired) electrons. The molecule has 4 heteroatoms. The van der Waals surface area contributed by atoms with E-state index in [9.17, 15) is 0 Å². The fraction of sp³-hybridized carbons (Fsp3) is 0.545. The van der Waals surface area contributed by atoms with Crippen molar-refractivity contribution in [2.45, 2.75) is 19.8 Å². The first kappa shape index (κ1) is 12.3. The molecular weight excluding hydrogens is 212 g/mol. The number of nitrogens with zero attached hydrogens (tertiary/aromatic N) is 1. The quantitative estimate of drug-likeness (QED) is 0.581. The van der Waals surface area contributed by atoms with E-state index < -0.39 is 0 Å². The van der Waals surface area contributed by atoms with Gasteiger partial charge in [0.25, 0.3) is 0 Å². The fourth-order valence-electron chi connectivity index (χ4n) is 1.26. The largest absolute Gasteiger partial charge is 0.396 e. The van der Waals surface area contributed by atoms with Crippen molar-refractivity contribution in [1.82, 2.24) is 4.98 Å². The molecule has 0 amide bonds. The van der Waals surface area contributed by atoms with Gasteiger partial charge in [0, 0.05) is 13.2 Å². The average Bonchev–Trinajstić information content (AvgIpc) is 2.24. The summed E-state index contributed by atoms with van der Waals surface area (Å²) in [4.78, 5) is 4.11. The van der Waals surface area contributed by atoms with Gasteiger partial charge in [-0.1, -0.05) is 24.6 Å². The molecule has 15 heavy (non-hydrogen) atoms. The summed E-state index contributed by atoms with van der Waals surface area (Å²) >= 11 is 5.75. The molecule has 0 aliphatic rings. The zero-order chi connectivity index (χ0) is 11.1. The Kier molecular flexibility index (Phi) is 5.43. The molecule has 0 aliphatic carbocycles. The first-order valence-electron chi connectivity index (χ1n) is 5.19. The molecule has 0 bridgehead atoms. The van der Waals surface area contributed by atoms with Crippen LogP contribution in [-0.4, -0.2) is 23.2 Å². The smallest absolute Gasteiger partial charge is 0.131 e. The Bertz CT molecular complexity index is 294. The van der Waals surface area contributed by atoms with Crippen LogP contribution in [0, 0.1) is 5.92 Å². The van der Waals surface area contributed by atoms with Gasteiger partial charge in [0.05, 0.1) is 0 Å². The topological polar surface area (TPSA) is 45.1 Å². The second-order valence-corrected chi connectivity index (χ2v) is 4.09. The van der Waals surface area contributed by atoms with Crippen LogP contribution >= 0.6 is 11.6 Å². The van der Waals surface area contributed by atoms with E-state index in [1.54, 1.807) is 6.07 Å². The van der Waals surface area contributed by atoms with Crippen molar-refractivity contribution in [2.24, 2.45) is 5.92 Å². The molecule has 0 spiro atoms. The van der Waals surface area contributed by atoms with Crippen molar-refractivity contribution in [1.29, 1.82) is 0 Å². The molecule has 1 heterocycles. The van der Waals surface area contributed by atoms with Crippen molar-refractivity contribution in [3.8, 4) is 0 Å². The Morgan fingerprint density at radius 1 is 1.53 bits per heavy atom. The van der Waals surface area contributed by atoms with Crippen LogP contribution in [0.2, 0.25) is 5.15 Å². The number of aliphatic hydroxyl groups excluding tert-OH is 1. The van der Waals surface area contributed by atoms with Gasteiger partial charge < -0.3 is 10.4 Å². The minimum Gasteiger partial charge on any atom is -0.396 e. The summed E-state index contributed by atoms with van der Waals surface area (Å²) < 4.78 is 0. The number of aliphatic hydroxyl groups is 1. The van der Waals surface area contributed by atoms with Crippen LogP contribution in [0.4, 0.5) is 5.82 Å². The van der Waals surface area contributed by atoms with E-state index in [0.29, 0.717) is 11.1 Å². The summed E-state index contributed by atoms with van der Waals surface area (Å²) in [6.45, 7) is 3.16. The van der Waals surface area contributed by atoms with Gasteiger partial charge in [-0.3, -0.25) is 0 Å². The summed E-state index contributed by atoms with van der Waals surface area (Å²) in [5, 5.41) is 12.5. The third-order valence-corrected chi connectivity index (χ3v) is 2.42. The van der Waals surface area contributed by atoms with Crippen molar-refractivity contribution >= 4 is 17.4 Å². The number of rotatable bonds is 6. The second-order valence-electron chi connectivity index (χ2n) is 3.70. The van der Waals surface area contributed by atoms with Crippen LogP contribution in [0.5, 0.6) is 0 Å². The number of nitrogens with one attached hydrogen (secondary N) is 1. The molecule has 1 aromatic rings. The fourth-order valence-corrected chi connectivity index (χ4v) is 1.43. The maximum Gasteiger partial charge on any atom is 0.131 e. The summed E-state index contributed by atoms with van der Waals surface area (Å²) in [7, 11) is 0. The molecule has 2 N–H and O–H groups in total. The van der Waals surface area contributed by atoms with Crippen LogP contribution in [-0.2, 0) is 0 Å². The van der Waals surface area contributed by atoms with E-state index in [4.69, 9.17) is 16.7 Å². The second kappa shape index (κ2) is 6.64. The molecule has 0 saturated heterocycles. The van der Waals surface area contributed by atoms with Gasteiger partial charge in [0.15, 0.2) is 0 Å². The number of hydrogen-bond acceptors (Lipinski definition) is 3. The van der Waals surface area contributed by atoms with E-state index in [1.165, 1.54) is 0 Å². The zero-order valence-corrected chi connectivity index (χ0v) is 9.67. The van der Waals surface area contributed by atoms with Crippen LogP contribution < -0.4 is 5.32 Å². The standard InChI is InChI=1S/C11H17ClN2O/c1-9(8-15)4-3-7-13-11-6-2-5-10(12)14-11/h2,5-6,9,15H,3-4,7-8H2,1H3,(H,13,14). The average molecular weight is 229 g/mol. The molecule has 1 rings (SSSR count). The monoisotopic (exact) mass is 228 g/mol. The van der Waals surface area contributed by atoms with E-state index in [0.717, 1.165) is 25.2 Å². The zero-order valence-electron chi connectivity index (χ0n) is 8.91. The molecular formula is C11H17ClN2O. The number of hydrogen-bond donors (Lipinski definition) is 2. The molecule has 0 aliphatic heterocycles. The van der Waals surface area contributed by atoms with E-state index >= 15 is 0 Å². The van der Waals surface area contributed by atoms with Crippen molar-refractivity contribution in [3.63, 3.8) is 0 Å². The third kappa shape index (κ3) is 5.00. The van der Waals surface area contributed by atoms with Crippen molar-refractivity contribution < 1.29 is 5.11 Å². The van der Waals surface area contributed by atoms with Gasteiger partial charge in [-0.25, -0.2) is 4.98 Å². The Morgan fingerprint density at radius 2 is 2.33 bits per heavy atom. The highest BCUT2D eigenvalue weighted by molar-refractivity contribution is 6.29. The molecule has 1 aromatic heterocycles. The SMILES string of the molecule is CC(CO)CCCNc1cccc(Cl)n1. The third-order valence-electron chi connectivity index (χ3n) is 2.21. The summed E-state index contributed by atoms with van der Waals surface area (Å²) in [6.07, 6.45) is 2.04. The Hall–Kier alpha value is -0.800. The predicted molar refractivity (Wildman–Crippen MR) is 63.2 cm³/mol. The normalized spacial score (nSPS) is 12.5. The predicted octanol–water partition coefficient (Wildman–Crippen LogP) is 2.56. The number of pyridine rings is 1. The maximum absolute atomic E-state index is 8.84. The summed E-state index contributed by atoms with van der Waals surface area (Å²) in [6, 6.07) is 5.51. The molecule has 0 fully saturated rings. The summed E-state index contributed by atoms with van der Waals surface area (Å²) in [5.41, 5.74) is 0. The lowest BCUT2D eigenvalue weighted by Crippen LogP contribution is -2.07. The lowest BCUT2D eigenvalue weighted by atomic mass is 10.1. The lowest BCUT2D eigenvalue weighted by Gasteiger charge is -2.08. The maximum atomic E-state index is 8.84. The van der Waals surface area contributed by atoms with Crippen LogP contribution in [0.3, 0.4) is 0 Å². The van der Waals surface area contributed by atoms with Crippen molar-refractivity contribution in [3.05, 3.63) is 23.4 Å². The molecule has 3 nitrogen and oxygen atoms in total. The number of halogens is 1. The Morgan fingerprint density at radius 3 is 3.00 bits per heavy atom. The van der Waals surface area contributed by atoms with Gasteiger partial charge in [-0.05, 0) is 30.9 Å². The lowest BCUT2D eigenvalue weighted by molar-refractivity contribution is 0.229. The minimum absolute atomic E-state index is 0.259. The first-order chi connectivity index (χ1) is 7.22. The number of aromatic nitrogens is 1.